The van der Waals surface area contributed by atoms with E-state index in [9.17, 15) is 0 Å². The SMILES string of the molecule is CCC(C)C1CNC(C)(CC)CN1CCOCCOC. The predicted molar refractivity (Wildman–Crippen MR) is 84.2 cm³/mol. The topological polar surface area (TPSA) is 33.7 Å². The van der Waals surface area contributed by atoms with E-state index in [4.69, 9.17) is 9.47 Å². The number of hydrogen-bond donors (Lipinski definition) is 1. The third-order valence-electron chi connectivity index (χ3n) is 4.79. The van der Waals surface area contributed by atoms with Gasteiger partial charge in [-0.15, -0.1) is 0 Å². The summed E-state index contributed by atoms with van der Waals surface area (Å²) in [6.07, 6.45) is 2.40. The first kappa shape index (κ1) is 17.9. The Morgan fingerprint density at radius 1 is 1.30 bits per heavy atom. The highest BCUT2D eigenvalue weighted by Crippen LogP contribution is 2.23. The van der Waals surface area contributed by atoms with E-state index in [2.05, 4.69) is 37.9 Å². The maximum Gasteiger partial charge on any atom is 0.0700 e. The van der Waals surface area contributed by atoms with Crippen molar-refractivity contribution in [2.45, 2.75) is 52.1 Å². The van der Waals surface area contributed by atoms with Crippen LogP contribution in [0.15, 0.2) is 0 Å². The Balaban J connectivity index is 2.49. The molecule has 0 saturated carbocycles. The van der Waals surface area contributed by atoms with Gasteiger partial charge in [-0.05, 0) is 19.3 Å². The summed E-state index contributed by atoms with van der Waals surface area (Å²) in [5.41, 5.74) is 0.247. The van der Waals surface area contributed by atoms with E-state index in [0.29, 0.717) is 19.3 Å². The highest BCUT2D eigenvalue weighted by Gasteiger charge is 2.35. The Kier molecular flexibility index (Phi) is 8.03. The highest BCUT2D eigenvalue weighted by molar-refractivity contribution is 4.95. The van der Waals surface area contributed by atoms with Crippen LogP contribution in [0.2, 0.25) is 0 Å². The molecule has 1 N–H and O–H groups in total. The van der Waals surface area contributed by atoms with Gasteiger partial charge in [-0.1, -0.05) is 27.2 Å². The maximum absolute atomic E-state index is 5.65. The van der Waals surface area contributed by atoms with Crippen molar-refractivity contribution in [3.8, 4) is 0 Å². The Labute approximate surface area is 125 Å². The molecule has 3 unspecified atom stereocenters. The van der Waals surface area contributed by atoms with E-state index in [0.717, 1.165) is 32.2 Å². The Morgan fingerprint density at radius 2 is 2.05 bits per heavy atom. The normalized spacial score (nSPS) is 29.6. The second-order valence-electron chi connectivity index (χ2n) is 6.32. The minimum Gasteiger partial charge on any atom is -0.382 e. The summed E-state index contributed by atoms with van der Waals surface area (Å²) in [5, 5.41) is 3.75. The van der Waals surface area contributed by atoms with E-state index in [1.54, 1.807) is 7.11 Å². The maximum atomic E-state index is 5.65. The molecule has 0 amide bonds. The molecule has 1 aliphatic heterocycles. The van der Waals surface area contributed by atoms with Crippen LogP contribution in [0.4, 0.5) is 0 Å². The minimum atomic E-state index is 0.247. The van der Waals surface area contributed by atoms with Crippen LogP contribution in [0.3, 0.4) is 0 Å². The van der Waals surface area contributed by atoms with Crippen LogP contribution in [0.5, 0.6) is 0 Å². The lowest BCUT2D eigenvalue weighted by Crippen LogP contribution is -2.64. The van der Waals surface area contributed by atoms with Crippen LogP contribution in [-0.4, -0.2) is 63.0 Å². The van der Waals surface area contributed by atoms with E-state index in [1.165, 1.54) is 12.8 Å². The molecule has 20 heavy (non-hydrogen) atoms. The van der Waals surface area contributed by atoms with Crippen molar-refractivity contribution in [2.75, 3.05) is 46.6 Å². The average molecular weight is 286 g/mol. The second-order valence-corrected chi connectivity index (χ2v) is 6.32. The quantitative estimate of drug-likeness (QED) is 0.659. The van der Waals surface area contributed by atoms with Crippen molar-refractivity contribution in [1.29, 1.82) is 0 Å². The molecule has 1 saturated heterocycles. The number of hydrogen-bond acceptors (Lipinski definition) is 4. The van der Waals surface area contributed by atoms with Crippen LogP contribution >= 0.6 is 0 Å². The lowest BCUT2D eigenvalue weighted by Gasteiger charge is -2.48. The zero-order chi connectivity index (χ0) is 15.0. The zero-order valence-electron chi connectivity index (χ0n) is 14.1. The van der Waals surface area contributed by atoms with E-state index < -0.39 is 0 Å². The first-order chi connectivity index (χ1) is 9.56. The van der Waals surface area contributed by atoms with Gasteiger partial charge in [0.05, 0.1) is 19.8 Å². The van der Waals surface area contributed by atoms with E-state index in [-0.39, 0.29) is 5.54 Å². The first-order valence-corrected chi connectivity index (χ1v) is 8.12. The molecule has 0 aromatic rings. The van der Waals surface area contributed by atoms with E-state index >= 15 is 0 Å². The van der Waals surface area contributed by atoms with Crippen molar-refractivity contribution in [3.05, 3.63) is 0 Å². The Morgan fingerprint density at radius 3 is 2.65 bits per heavy atom. The Hall–Kier alpha value is -0.160. The number of nitrogens with one attached hydrogen (secondary N) is 1. The summed E-state index contributed by atoms with van der Waals surface area (Å²) < 4.78 is 10.7. The van der Waals surface area contributed by atoms with Crippen molar-refractivity contribution in [3.63, 3.8) is 0 Å². The fraction of sp³-hybridized carbons (Fsp3) is 1.00. The van der Waals surface area contributed by atoms with Crippen molar-refractivity contribution >= 4 is 0 Å². The van der Waals surface area contributed by atoms with Crippen molar-refractivity contribution in [1.82, 2.24) is 10.2 Å². The van der Waals surface area contributed by atoms with Crippen LogP contribution in [0.25, 0.3) is 0 Å². The molecule has 1 aliphatic rings. The second kappa shape index (κ2) is 8.98. The molecule has 4 heteroatoms. The molecular weight excluding hydrogens is 252 g/mol. The molecule has 0 bridgehead atoms. The van der Waals surface area contributed by atoms with Gasteiger partial charge in [0.15, 0.2) is 0 Å². The fourth-order valence-corrected chi connectivity index (χ4v) is 2.84. The minimum absolute atomic E-state index is 0.247. The van der Waals surface area contributed by atoms with Gasteiger partial charge in [-0.2, -0.15) is 0 Å². The monoisotopic (exact) mass is 286 g/mol. The van der Waals surface area contributed by atoms with Crippen molar-refractivity contribution < 1.29 is 9.47 Å². The highest BCUT2D eigenvalue weighted by atomic mass is 16.5. The molecule has 1 fully saturated rings. The van der Waals surface area contributed by atoms with Crippen LogP contribution in [0.1, 0.15) is 40.5 Å². The molecule has 3 atom stereocenters. The van der Waals surface area contributed by atoms with Gasteiger partial charge < -0.3 is 14.8 Å². The molecule has 4 nitrogen and oxygen atoms in total. The summed E-state index contributed by atoms with van der Waals surface area (Å²) in [6.45, 7) is 14.7. The summed E-state index contributed by atoms with van der Waals surface area (Å²) in [5.74, 6) is 0.725. The summed E-state index contributed by atoms with van der Waals surface area (Å²) in [6, 6.07) is 0.630. The number of piperazine rings is 1. The third-order valence-corrected chi connectivity index (χ3v) is 4.79. The Bertz CT molecular complexity index is 263. The molecule has 0 spiro atoms. The number of ether oxygens (including phenoxy) is 2. The van der Waals surface area contributed by atoms with Gasteiger partial charge in [0, 0.05) is 38.3 Å². The van der Waals surface area contributed by atoms with Gasteiger partial charge in [-0.25, -0.2) is 0 Å². The lowest BCUT2D eigenvalue weighted by atomic mass is 9.88. The average Bonchev–Trinajstić information content (AvgIpc) is 2.46. The van der Waals surface area contributed by atoms with Gasteiger partial charge in [-0.3, -0.25) is 4.90 Å². The molecular formula is C16H34N2O2. The number of nitrogens with zero attached hydrogens (tertiary/aromatic N) is 1. The molecule has 0 aliphatic carbocycles. The molecule has 120 valence electrons. The van der Waals surface area contributed by atoms with Crippen LogP contribution in [-0.2, 0) is 9.47 Å². The molecule has 0 aromatic heterocycles. The molecule has 1 heterocycles. The van der Waals surface area contributed by atoms with Crippen LogP contribution < -0.4 is 5.32 Å². The predicted octanol–water partition coefficient (Wildman–Crippen LogP) is 2.14. The smallest absolute Gasteiger partial charge is 0.0700 e. The third kappa shape index (κ3) is 5.32. The molecule has 1 rings (SSSR count). The number of methoxy groups -OCH3 is 1. The standard InChI is InChI=1S/C16H34N2O2/c1-6-14(3)15-12-17-16(4,7-2)13-18(15)8-9-20-11-10-19-5/h14-15,17H,6-13H2,1-5H3. The summed E-state index contributed by atoms with van der Waals surface area (Å²) >= 11 is 0. The summed E-state index contributed by atoms with van der Waals surface area (Å²) in [4.78, 5) is 2.63. The molecule has 0 radical (unpaired) electrons. The van der Waals surface area contributed by atoms with E-state index in [1.807, 2.05) is 0 Å². The fourth-order valence-electron chi connectivity index (χ4n) is 2.84. The number of rotatable bonds is 9. The van der Waals surface area contributed by atoms with Crippen molar-refractivity contribution in [2.24, 2.45) is 5.92 Å². The van der Waals surface area contributed by atoms with Gasteiger partial charge in [0.2, 0.25) is 0 Å². The zero-order valence-corrected chi connectivity index (χ0v) is 14.1. The first-order valence-electron chi connectivity index (χ1n) is 8.12. The van der Waals surface area contributed by atoms with Crippen LogP contribution in [0, 0.1) is 5.92 Å². The largest absolute Gasteiger partial charge is 0.382 e. The van der Waals surface area contributed by atoms with Gasteiger partial charge in [0.1, 0.15) is 0 Å². The molecule has 0 aromatic carbocycles. The van der Waals surface area contributed by atoms with Gasteiger partial charge >= 0.3 is 0 Å². The summed E-state index contributed by atoms with van der Waals surface area (Å²) in [7, 11) is 1.71. The lowest BCUT2D eigenvalue weighted by molar-refractivity contribution is 0.0135. The van der Waals surface area contributed by atoms with Gasteiger partial charge in [0.25, 0.3) is 0 Å².